The van der Waals surface area contributed by atoms with E-state index in [0.29, 0.717) is 13.0 Å². The Labute approximate surface area is 166 Å². The molecule has 0 saturated carbocycles. The number of carbonyl (C=O) groups is 2. The summed E-state index contributed by atoms with van der Waals surface area (Å²) < 4.78 is 5.10. The van der Waals surface area contributed by atoms with Gasteiger partial charge in [-0.3, -0.25) is 4.79 Å². The number of ether oxygens (including phenoxy) is 1. The second-order valence-electron chi connectivity index (χ2n) is 6.81. The third-order valence-electron chi connectivity index (χ3n) is 5.28. The maximum atomic E-state index is 13.0. The molecule has 140 valence electrons. The largest absolute Gasteiger partial charge is 0.450 e. The fourth-order valence-corrected chi connectivity index (χ4v) is 4.57. The van der Waals surface area contributed by atoms with Gasteiger partial charge in [-0.05, 0) is 48.1 Å². The molecule has 0 fully saturated rings. The molecule has 2 aromatic carbocycles. The van der Waals surface area contributed by atoms with E-state index in [9.17, 15) is 9.59 Å². The molecule has 2 amide bonds. The van der Waals surface area contributed by atoms with Crippen molar-refractivity contribution in [1.82, 2.24) is 5.32 Å². The van der Waals surface area contributed by atoms with E-state index in [2.05, 4.69) is 45.5 Å². The average Bonchev–Trinajstić information content (AvgIpc) is 2.93. The van der Waals surface area contributed by atoms with Crippen molar-refractivity contribution < 1.29 is 14.3 Å². The molecule has 0 spiro atoms. The van der Waals surface area contributed by atoms with Crippen molar-refractivity contribution in [1.29, 1.82) is 0 Å². The molecule has 0 saturated heterocycles. The number of anilines is 1. The Bertz CT molecular complexity index is 899. The standard InChI is InChI=1S/C21H21BrN2O3/c1-2-27-21(26)23-16-11-15-8-5-7-14-10-13-6-3-4-9-17(13)24(18(25)12-22)20(16)19(14)15/h3-9,16,20H,2,10-12H2,1H3,(H,23,26)/t16-,20+/m1/s1. The molecule has 0 bridgehead atoms. The van der Waals surface area contributed by atoms with Gasteiger partial charge in [0.25, 0.3) is 0 Å². The van der Waals surface area contributed by atoms with Crippen molar-refractivity contribution >= 4 is 33.6 Å². The number of para-hydroxylation sites is 1. The Balaban J connectivity index is 1.86. The number of benzene rings is 2. The highest BCUT2D eigenvalue weighted by molar-refractivity contribution is 9.09. The highest BCUT2D eigenvalue weighted by Crippen LogP contribution is 2.45. The number of hydrogen-bond donors (Lipinski definition) is 1. The van der Waals surface area contributed by atoms with Crippen LogP contribution in [0.15, 0.2) is 42.5 Å². The smallest absolute Gasteiger partial charge is 0.407 e. The number of nitrogens with one attached hydrogen (secondary N) is 1. The fourth-order valence-electron chi connectivity index (χ4n) is 4.30. The predicted molar refractivity (Wildman–Crippen MR) is 107 cm³/mol. The van der Waals surface area contributed by atoms with E-state index in [1.165, 1.54) is 11.1 Å². The van der Waals surface area contributed by atoms with Crippen molar-refractivity contribution in [3.05, 3.63) is 64.7 Å². The summed E-state index contributed by atoms with van der Waals surface area (Å²) in [5, 5.41) is 3.21. The zero-order valence-electron chi connectivity index (χ0n) is 15.1. The second kappa shape index (κ2) is 7.35. The lowest BCUT2D eigenvalue weighted by Gasteiger charge is -2.33. The van der Waals surface area contributed by atoms with Crippen LogP contribution in [0.1, 0.15) is 35.2 Å². The maximum Gasteiger partial charge on any atom is 0.407 e. The van der Waals surface area contributed by atoms with Gasteiger partial charge in [0.1, 0.15) is 0 Å². The molecular formula is C21H21BrN2O3. The van der Waals surface area contributed by atoms with E-state index in [0.717, 1.165) is 23.2 Å². The quantitative estimate of drug-likeness (QED) is 0.757. The number of fused-ring (bicyclic) bond motifs is 1. The van der Waals surface area contributed by atoms with Gasteiger partial charge in [0.15, 0.2) is 0 Å². The summed E-state index contributed by atoms with van der Waals surface area (Å²) in [7, 11) is 0. The van der Waals surface area contributed by atoms with Gasteiger partial charge in [-0.25, -0.2) is 4.79 Å². The minimum absolute atomic E-state index is 0.0207. The van der Waals surface area contributed by atoms with Crippen LogP contribution in [0.5, 0.6) is 0 Å². The number of halogens is 1. The second-order valence-corrected chi connectivity index (χ2v) is 7.37. The Kier molecular flexibility index (Phi) is 4.91. The van der Waals surface area contributed by atoms with E-state index in [1.807, 2.05) is 23.1 Å². The highest BCUT2D eigenvalue weighted by atomic mass is 79.9. The number of amides is 2. The Morgan fingerprint density at radius 2 is 1.89 bits per heavy atom. The first-order valence-corrected chi connectivity index (χ1v) is 10.3. The molecule has 1 N–H and O–H groups in total. The van der Waals surface area contributed by atoms with Crippen molar-refractivity contribution in [3.8, 4) is 0 Å². The van der Waals surface area contributed by atoms with Crippen LogP contribution in [0, 0.1) is 0 Å². The highest BCUT2D eigenvalue weighted by Gasteiger charge is 2.43. The molecule has 2 aliphatic rings. The number of nitrogens with zero attached hydrogens (tertiary/aromatic N) is 1. The topological polar surface area (TPSA) is 58.6 Å². The number of alkyl carbamates (subject to hydrolysis) is 1. The first-order chi connectivity index (χ1) is 13.1. The normalized spacial score (nSPS) is 19.7. The SMILES string of the molecule is CCOC(=O)N[C@@H]1Cc2cccc3c2[C@H]1N(C(=O)CBr)c1ccccc1C3. The third-order valence-corrected chi connectivity index (χ3v) is 5.76. The summed E-state index contributed by atoms with van der Waals surface area (Å²) in [6, 6.07) is 13.8. The van der Waals surface area contributed by atoms with Gasteiger partial charge >= 0.3 is 6.09 Å². The summed E-state index contributed by atoms with van der Waals surface area (Å²) in [4.78, 5) is 27.0. The first kappa shape index (κ1) is 18.0. The van der Waals surface area contributed by atoms with Gasteiger partial charge < -0.3 is 15.0 Å². The van der Waals surface area contributed by atoms with Gasteiger partial charge in [0, 0.05) is 5.69 Å². The molecule has 5 nitrogen and oxygen atoms in total. The maximum absolute atomic E-state index is 13.0. The fraction of sp³-hybridized carbons (Fsp3) is 0.333. The van der Waals surface area contributed by atoms with Gasteiger partial charge in [-0.2, -0.15) is 0 Å². The van der Waals surface area contributed by atoms with Crippen LogP contribution in [0.25, 0.3) is 0 Å². The number of hydrogen-bond acceptors (Lipinski definition) is 3. The summed E-state index contributed by atoms with van der Waals surface area (Å²) in [6.07, 6.45) is 1.01. The molecule has 0 unspecified atom stereocenters. The van der Waals surface area contributed by atoms with E-state index >= 15 is 0 Å². The van der Waals surface area contributed by atoms with E-state index < -0.39 is 6.09 Å². The summed E-state index contributed by atoms with van der Waals surface area (Å²) >= 11 is 3.33. The van der Waals surface area contributed by atoms with Gasteiger partial charge in [-0.15, -0.1) is 0 Å². The minimum Gasteiger partial charge on any atom is -0.450 e. The number of alkyl halides is 1. The van der Waals surface area contributed by atoms with Crippen LogP contribution in [0.4, 0.5) is 10.5 Å². The number of carbonyl (C=O) groups excluding carboxylic acids is 2. The van der Waals surface area contributed by atoms with Crippen LogP contribution < -0.4 is 10.2 Å². The lowest BCUT2D eigenvalue weighted by Crippen LogP contribution is -2.47. The zero-order chi connectivity index (χ0) is 19.0. The third kappa shape index (κ3) is 3.12. The zero-order valence-corrected chi connectivity index (χ0v) is 16.7. The molecule has 6 heteroatoms. The molecule has 2 atom stereocenters. The predicted octanol–water partition coefficient (Wildman–Crippen LogP) is 3.73. The van der Waals surface area contributed by atoms with Crippen LogP contribution in [0.3, 0.4) is 0 Å². The van der Waals surface area contributed by atoms with Crippen LogP contribution in [-0.2, 0) is 22.4 Å². The number of rotatable bonds is 3. The van der Waals surface area contributed by atoms with Gasteiger partial charge in [0.2, 0.25) is 5.91 Å². The van der Waals surface area contributed by atoms with Crippen molar-refractivity contribution in [3.63, 3.8) is 0 Å². The Hall–Kier alpha value is -2.34. The van der Waals surface area contributed by atoms with Crippen LogP contribution in [-0.4, -0.2) is 30.0 Å². The van der Waals surface area contributed by atoms with Crippen molar-refractivity contribution in [2.75, 3.05) is 16.8 Å². The molecule has 1 aliphatic carbocycles. The Morgan fingerprint density at radius 3 is 2.67 bits per heavy atom. The summed E-state index contributed by atoms with van der Waals surface area (Å²) in [5.41, 5.74) is 5.57. The van der Waals surface area contributed by atoms with Crippen LogP contribution in [0.2, 0.25) is 0 Å². The Morgan fingerprint density at radius 1 is 1.15 bits per heavy atom. The molecule has 27 heavy (non-hydrogen) atoms. The monoisotopic (exact) mass is 428 g/mol. The van der Waals surface area contributed by atoms with Crippen molar-refractivity contribution in [2.45, 2.75) is 31.8 Å². The molecular weight excluding hydrogens is 408 g/mol. The molecule has 0 aromatic heterocycles. The van der Waals surface area contributed by atoms with Gasteiger partial charge in [0.05, 0.1) is 24.0 Å². The van der Waals surface area contributed by atoms with Crippen LogP contribution >= 0.6 is 15.9 Å². The lowest BCUT2D eigenvalue weighted by atomic mass is 9.97. The van der Waals surface area contributed by atoms with E-state index in [4.69, 9.17) is 4.74 Å². The van der Waals surface area contributed by atoms with E-state index in [-0.39, 0.29) is 23.3 Å². The lowest BCUT2D eigenvalue weighted by molar-refractivity contribution is -0.116. The van der Waals surface area contributed by atoms with Crippen molar-refractivity contribution in [2.24, 2.45) is 0 Å². The molecule has 0 radical (unpaired) electrons. The molecule has 4 rings (SSSR count). The summed E-state index contributed by atoms with van der Waals surface area (Å²) in [5.74, 6) is -0.0207. The van der Waals surface area contributed by atoms with Gasteiger partial charge in [-0.1, -0.05) is 52.3 Å². The molecule has 1 aliphatic heterocycles. The first-order valence-electron chi connectivity index (χ1n) is 9.14. The molecule has 2 aromatic rings. The summed E-state index contributed by atoms with van der Waals surface area (Å²) in [6.45, 7) is 2.10. The average molecular weight is 429 g/mol. The van der Waals surface area contributed by atoms with E-state index in [1.54, 1.807) is 6.92 Å². The molecule has 1 heterocycles. The minimum atomic E-state index is -0.444.